The summed E-state index contributed by atoms with van der Waals surface area (Å²) < 4.78 is 0. The number of benzene rings is 3. The van der Waals surface area contributed by atoms with Crippen molar-refractivity contribution in [3.05, 3.63) is 95.7 Å². The summed E-state index contributed by atoms with van der Waals surface area (Å²) in [7, 11) is 0. The van der Waals surface area contributed by atoms with E-state index in [2.05, 4.69) is 58.8 Å². The highest BCUT2D eigenvalue weighted by molar-refractivity contribution is 6.24. The monoisotopic (exact) mass is 337 g/mol. The summed E-state index contributed by atoms with van der Waals surface area (Å²) in [5.41, 5.74) is 7.90. The van der Waals surface area contributed by atoms with Gasteiger partial charge in [0.1, 0.15) is 5.75 Å². The van der Waals surface area contributed by atoms with Crippen molar-refractivity contribution in [2.45, 2.75) is 0 Å². The Morgan fingerprint density at radius 2 is 1.62 bits per heavy atom. The summed E-state index contributed by atoms with van der Waals surface area (Å²) in [6.45, 7) is 0. The second-order valence-corrected chi connectivity index (χ2v) is 6.42. The van der Waals surface area contributed by atoms with Crippen molar-refractivity contribution < 1.29 is 10.1 Å². The van der Waals surface area contributed by atoms with Crippen molar-refractivity contribution in [2.24, 2.45) is 0 Å². The lowest BCUT2D eigenvalue weighted by Gasteiger charge is -2.10. The normalized spacial score (nSPS) is 14.6. The van der Waals surface area contributed by atoms with Gasteiger partial charge in [-0.2, -0.15) is 0 Å². The molecule has 0 fully saturated rings. The maximum Gasteiger partial charge on any atom is 0.211 e. The Hall–Kier alpha value is -3.59. The fourth-order valence-corrected chi connectivity index (χ4v) is 3.64. The zero-order valence-electron chi connectivity index (χ0n) is 14.0. The molecule has 0 radical (unpaired) electrons. The smallest absolute Gasteiger partial charge is 0.211 e. The highest BCUT2D eigenvalue weighted by atomic mass is 16.3. The second-order valence-electron chi connectivity index (χ2n) is 6.42. The Morgan fingerprint density at radius 3 is 2.50 bits per heavy atom. The summed E-state index contributed by atoms with van der Waals surface area (Å²) in [4.78, 5) is 6.76. The summed E-state index contributed by atoms with van der Waals surface area (Å²) in [5, 5.41) is 10.9. The fourth-order valence-electron chi connectivity index (χ4n) is 3.64. The minimum atomic E-state index is 0.269. The van der Waals surface area contributed by atoms with Crippen LogP contribution < -0.4 is 4.99 Å². The largest absolute Gasteiger partial charge is 0.508 e. The molecule has 1 aromatic heterocycles. The first-order valence-electron chi connectivity index (χ1n) is 8.60. The van der Waals surface area contributed by atoms with E-state index >= 15 is 0 Å². The maximum absolute atomic E-state index is 9.72. The van der Waals surface area contributed by atoms with Crippen molar-refractivity contribution in [1.29, 1.82) is 0 Å². The molecular weight excluding hydrogens is 320 g/mol. The van der Waals surface area contributed by atoms with E-state index in [0.717, 1.165) is 33.5 Å². The van der Waals surface area contributed by atoms with Crippen molar-refractivity contribution in [3.8, 4) is 5.75 Å². The van der Waals surface area contributed by atoms with E-state index in [4.69, 9.17) is 0 Å². The molecule has 3 aromatic carbocycles. The Bertz CT molecular complexity index is 1180. The molecule has 124 valence electrons. The van der Waals surface area contributed by atoms with Gasteiger partial charge in [0.25, 0.3) is 0 Å². The number of hydrogen-bond donors (Lipinski definition) is 3. The average molecular weight is 337 g/mol. The van der Waals surface area contributed by atoms with Gasteiger partial charge >= 0.3 is 0 Å². The van der Waals surface area contributed by atoms with Crippen LogP contribution in [0.3, 0.4) is 0 Å². The first-order chi connectivity index (χ1) is 12.8. The number of H-pyrrole nitrogens is 1. The predicted molar refractivity (Wildman–Crippen MR) is 105 cm³/mol. The molecule has 0 bridgehead atoms. The molecule has 0 spiro atoms. The SMILES string of the molecule is Oc1ccc(/C(=C2/C=[NH+]c3ccccc32)c2c[nH]c3ccccc23)cc1. The molecule has 1 aliphatic heterocycles. The number of fused-ring (bicyclic) bond motifs is 2. The van der Waals surface area contributed by atoms with E-state index in [1.54, 1.807) is 12.1 Å². The number of nitrogens with one attached hydrogen (secondary N) is 2. The number of aromatic hydroxyl groups is 1. The number of aromatic amines is 1. The van der Waals surface area contributed by atoms with E-state index < -0.39 is 0 Å². The van der Waals surface area contributed by atoms with Crippen molar-refractivity contribution in [3.63, 3.8) is 0 Å². The van der Waals surface area contributed by atoms with Crippen LogP contribution in [0.5, 0.6) is 5.75 Å². The summed E-state index contributed by atoms with van der Waals surface area (Å²) in [5.74, 6) is 0.269. The third-order valence-corrected chi connectivity index (χ3v) is 4.87. The van der Waals surface area contributed by atoms with Crippen LogP contribution in [0.15, 0.2) is 79.0 Å². The molecule has 0 atom stereocenters. The quantitative estimate of drug-likeness (QED) is 0.514. The molecule has 4 aromatic rings. The van der Waals surface area contributed by atoms with Crippen molar-refractivity contribution in [1.82, 2.24) is 4.98 Å². The highest BCUT2D eigenvalue weighted by Gasteiger charge is 2.24. The number of phenolic OH excluding ortho intramolecular Hbond substituents is 1. The van der Waals surface area contributed by atoms with Crippen LogP contribution in [0.4, 0.5) is 5.69 Å². The van der Waals surface area contributed by atoms with Gasteiger partial charge in [-0.05, 0) is 29.8 Å². The third-order valence-electron chi connectivity index (χ3n) is 4.87. The molecule has 0 amide bonds. The first-order valence-corrected chi connectivity index (χ1v) is 8.60. The molecule has 2 heterocycles. The molecule has 0 saturated carbocycles. The number of rotatable bonds is 2. The van der Waals surface area contributed by atoms with E-state index in [9.17, 15) is 5.11 Å². The highest BCUT2D eigenvalue weighted by Crippen LogP contribution is 2.37. The van der Waals surface area contributed by atoms with Gasteiger partial charge in [-0.25, -0.2) is 4.99 Å². The second kappa shape index (κ2) is 5.74. The van der Waals surface area contributed by atoms with E-state index in [1.807, 2.05) is 24.3 Å². The van der Waals surface area contributed by atoms with Gasteiger partial charge in [0.2, 0.25) is 5.69 Å². The maximum atomic E-state index is 9.72. The number of allylic oxidation sites excluding steroid dienone is 1. The minimum absolute atomic E-state index is 0.269. The van der Waals surface area contributed by atoms with Crippen molar-refractivity contribution >= 4 is 34.0 Å². The zero-order chi connectivity index (χ0) is 17.5. The van der Waals surface area contributed by atoms with Crippen LogP contribution >= 0.6 is 0 Å². The Balaban J connectivity index is 1.85. The fraction of sp³-hybridized carbons (Fsp3) is 0. The lowest BCUT2D eigenvalue weighted by Crippen LogP contribution is -2.58. The summed E-state index contributed by atoms with van der Waals surface area (Å²) in [6, 6.07) is 24.0. The van der Waals surface area contributed by atoms with E-state index in [0.29, 0.717) is 0 Å². The average Bonchev–Trinajstić information content (AvgIpc) is 3.29. The number of phenols is 1. The molecule has 3 heteroatoms. The van der Waals surface area contributed by atoms with E-state index in [-0.39, 0.29) is 5.75 Å². The molecule has 26 heavy (non-hydrogen) atoms. The van der Waals surface area contributed by atoms with Gasteiger partial charge < -0.3 is 10.1 Å². The van der Waals surface area contributed by atoms with Crippen LogP contribution in [0.25, 0.3) is 22.0 Å². The Morgan fingerprint density at radius 1 is 0.846 bits per heavy atom. The molecule has 5 rings (SSSR count). The summed E-state index contributed by atoms with van der Waals surface area (Å²) >= 11 is 0. The number of para-hydroxylation sites is 2. The molecule has 0 unspecified atom stereocenters. The Labute approximate surface area is 151 Å². The van der Waals surface area contributed by atoms with Crippen LogP contribution in [-0.4, -0.2) is 16.3 Å². The predicted octanol–water partition coefficient (Wildman–Crippen LogP) is 3.63. The van der Waals surface area contributed by atoms with Gasteiger partial charge in [0.05, 0.1) is 11.1 Å². The first kappa shape index (κ1) is 14.7. The third kappa shape index (κ3) is 2.25. The standard InChI is InChI=1S/C23H16N2O/c26-16-11-9-15(10-12-16)23(19-13-24-21-7-3-1-5-17(19)21)20-14-25-22-8-4-2-6-18(20)22/h1-14,24,26H/p+1/b23-20+. The Kier molecular flexibility index (Phi) is 3.25. The lowest BCUT2D eigenvalue weighted by atomic mass is 9.90. The number of hydrogen-bond acceptors (Lipinski definition) is 1. The van der Waals surface area contributed by atoms with E-state index in [1.165, 1.54) is 10.9 Å². The van der Waals surface area contributed by atoms with Crippen molar-refractivity contribution in [2.75, 3.05) is 0 Å². The molecular formula is C23H17N2O+. The zero-order valence-corrected chi connectivity index (χ0v) is 14.0. The molecule has 3 N–H and O–H groups in total. The van der Waals surface area contributed by atoms with Gasteiger partial charge in [0, 0.05) is 34.3 Å². The van der Waals surface area contributed by atoms with Gasteiger partial charge in [0.15, 0.2) is 6.21 Å². The number of aromatic nitrogens is 1. The van der Waals surface area contributed by atoms with Gasteiger partial charge in [-0.15, -0.1) is 0 Å². The van der Waals surface area contributed by atoms with Crippen LogP contribution in [0, 0.1) is 0 Å². The molecule has 1 aliphatic rings. The van der Waals surface area contributed by atoms with Crippen LogP contribution in [-0.2, 0) is 0 Å². The molecule has 0 saturated heterocycles. The topological polar surface area (TPSA) is 50.0 Å². The molecule has 3 nitrogen and oxygen atoms in total. The molecule has 0 aliphatic carbocycles. The van der Waals surface area contributed by atoms with Crippen LogP contribution in [0.2, 0.25) is 0 Å². The van der Waals surface area contributed by atoms with Gasteiger partial charge in [-0.3, -0.25) is 0 Å². The lowest BCUT2D eigenvalue weighted by molar-refractivity contribution is -0.342. The van der Waals surface area contributed by atoms with Gasteiger partial charge in [-0.1, -0.05) is 42.5 Å². The summed E-state index contributed by atoms with van der Waals surface area (Å²) in [6.07, 6.45) is 4.13. The minimum Gasteiger partial charge on any atom is -0.508 e. The van der Waals surface area contributed by atoms with Crippen LogP contribution in [0.1, 0.15) is 16.7 Å².